The lowest BCUT2D eigenvalue weighted by molar-refractivity contribution is -0.384. The maximum Gasteiger partial charge on any atom is 0.314 e. The van der Waals surface area contributed by atoms with Crippen molar-refractivity contribution < 1.29 is 14.8 Å². The predicted molar refractivity (Wildman–Crippen MR) is 83.0 cm³/mol. The van der Waals surface area contributed by atoms with Crippen LogP contribution < -0.4 is 16.4 Å². The number of nitro benzene ring substituents is 1. The van der Waals surface area contributed by atoms with E-state index in [2.05, 4.69) is 15.3 Å². The molecule has 0 amide bonds. The van der Waals surface area contributed by atoms with Gasteiger partial charge in [0.15, 0.2) is 0 Å². The monoisotopic (exact) mass is 332 g/mol. The molecule has 1 aliphatic heterocycles. The van der Waals surface area contributed by atoms with E-state index in [1.807, 2.05) is 0 Å². The Kier molecular flexibility index (Phi) is 3.75. The number of aromatic nitrogens is 2. The van der Waals surface area contributed by atoms with Crippen LogP contribution in [0.3, 0.4) is 0 Å². The van der Waals surface area contributed by atoms with Gasteiger partial charge in [-0.3, -0.25) is 19.7 Å². The Morgan fingerprint density at radius 2 is 2.00 bits per heavy atom. The highest BCUT2D eigenvalue weighted by Crippen LogP contribution is 2.22. The van der Waals surface area contributed by atoms with Crippen LogP contribution in [-0.4, -0.2) is 25.9 Å². The minimum absolute atomic E-state index is 0.0746. The first-order valence-electron chi connectivity index (χ1n) is 6.81. The summed E-state index contributed by atoms with van der Waals surface area (Å²) in [6.07, 6.45) is 5.75. The summed E-state index contributed by atoms with van der Waals surface area (Å²) in [7, 11) is 0. The fourth-order valence-electron chi connectivity index (χ4n) is 2.26. The number of allylic oxidation sites excluding steroid dienone is 2. The average Bonchev–Trinajstić information content (AvgIpc) is 2.54. The Labute approximate surface area is 133 Å². The summed E-state index contributed by atoms with van der Waals surface area (Å²) in [4.78, 5) is 38.0. The first-order valence-corrected chi connectivity index (χ1v) is 6.81. The van der Waals surface area contributed by atoms with Gasteiger partial charge >= 0.3 is 11.1 Å². The Hall–Kier alpha value is -3.24. The van der Waals surface area contributed by atoms with Gasteiger partial charge in [0.2, 0.25) is 0 Å². The number of nitrogens with one attached hydrogen (secondary N) is 3. The van der Waals surface area contributed by atoms with Crippen LogP contribution in [0.25, 0.3) is 11.0 Å². The van der Waals surface area contributed by atoms with Crippen molar-refractivity contribution in [2.75, 3.05) is 0 Å². The maximum atomic E-state index is 11.5. The second kappa shape index (κ2) is 5.76. The Morgan fingerprint density at radius 1 is 1.25 bits per heavy atom. The maximum absolute atomic E-state index is 11.5. The normalized spacial score (nSPS) is 19.4. The van der Waals surface area contributed by atoms with Crippen LogP contribution in [0.4, 0.5) is 5.69 Å². The zero-order chi connectivity index (χ0) is 17.3. The first-order chi connectivity index (χ1) is 11.4. The number of non-ortho nitro benzene ring substituents is 1. The van der Waals surface area contributed by atoms with E-state index in [1.165, 1.54) is 18.4 Å². The molecule has 124 valence electrons. The van der Waals surface area contributed by atoms with E-state index in [9.17, 15) is 24.8 Å². The number of nitrogens with zero attached hydrogens (tertiary/aromatic N) is 1. The van der Waals surface area contributed by atoms with Crippen molar-refractivity contribution in [3.63, 3.8) is 0 Å². The second-order valence-electron chi connectivity index (χ2n) is 5.05. The molecule has 1 unspecified atom stereocenters. The minimum Gasteiger partial charge on any atom is -0.453 e. The smallest absolute Gasteiger partial charge is 0.314 e. The van der Waals surface area contributed by atoms with Crippen LogP contribution in [-0.2, 0) is 11.3 Å². The zero-order valence-electron chi connectivity index (χ0n) is 12.1. The van der Waals surface area contributed by atoms with E-state index >= 15 is 0 Å². The summed E-state index contributed by atoms with van der Waals surface area (Å²) >= 11 is 0. The van der Waals surface area contributed by atoms with Gasteiger partial charge in [-0.2, -0.15) is 0 Å². The van der Waals surface area contributed by atoms with Crippen LogP contribution in [0.1, 0.15) is 5.56 Å². The molecule has 0 saturated heterocycles. The SMILES string of the molecule is O=c1[nH]c2cc([N+](=O)[O-])cc(CNC3(O)C=CC=CO3)c2[nH]c1=O. The number of hydrogen-bond donors (Lipinski definition) is 4. The Balaban J connectivity index is 2.04. The Morgan fingerprint density at radius 3 is 2.67 bits per heavy atom. The Bertz CT molecular complexity index is 989. The number of H-pyrrole nitrogens is 2. The highest BCUT2D eigenvalue weighted by Gasteiger charge is 2.25. The number of ether oxygens (including phenoxy) is 1. The van der Waals surface area contributed by atoms with E-state index < -0.39 is 22.0 Å². The van der Waals surface area contributed by atoms with Crippen LogP contribution in [0.15, 0.2) is 46.2 Å². The van der Waals surface area contributed by atoms with Crippen molar-refractivity contribution in [2.45, 2.75) is 12.5 Å². The van der Waals surface area contributed by atoms with Crippen LogP contribution in [0.5, 0.6) is 0 Å². The topological polar surface area (TPSA) is 150 Å². The molecule has 1 aromatic heterocycles. The molecule has 1 aromatic carbocycles. The number of rotatable bonds is 4. The molecular formula is C14H12N4O6. The minimum atomic E-state index is -1.78. The molecule has 2 heterocycles. The standard InChI is InChI=1S/C14H12N4O6/c19-12-13(20)17-11-8(5-9(18(22)23)6-10(11)16-12)7-15-14(21)3-1-2-4-24-14/h1-6,15,21H,7H2,(H,16,19)(H,17,20). The molecule has 0 fully saturated rings. The van der Waals surface area contributed by atoms with Crippen molar-refractivity contribution in [1.29, 1.82) is 0 Å². The second-order valence-corrected chi connectivity index (χ2v) is 5.05. The lowest BCUT2D eigenvalue weighted by atomic mass is 10.1. The number of aliphatic hydroxyl groups is 1. The van der Waals surface area contributed by atoms with Gasteiger partial charge in [-0.15, -0.1) is 0 Å². The summed E-state index contributed by atoms with van der Waals surface area (Å²) in [5.74, 6) is -1.78. The summed E-state index contributed by atoms with van der Waals surface area (Å²) < 4.78 is 5.03. The van der Waals surface area contributed by atoms with Crippen molar-refractivity contribution in [3.05, 3.63) is 73.0 Å². The van der Waals surface area contributed by atoms with Gasteiger partial charge in [0.25, 0.3) is 11.6 Å². The summed E-state index contributed by atoms with van der Waals surface area (Å²) in [5.41, 5.74) is -1.44. The fraction of sp³-hybridized carbons (Fsp3) is 0.143. The molecule has 3 rings (SSSR count). The molecule has 1 atom stereocenters. The lowest BCUT2D eigenvalue weighted by Gasteiger charge is -2.26. The lowest BCUT2D eigenvalue weighted by Crippen LogP contribution is -2.45. The third-order valence-corrected chi connectivity index (χ3v) is 3.40. The molecule has 4 N–H and O–H groups in total. The largest absolute Gasteiger partial charge is 0.453 e. The van der Waals surface area contributed by atoms with E-state index in [-0.39, 0.29) is 23.3 Å². The van der Waals surface area contributed by atoms with Gasteiger partial charge in [-0.1, -0.05) is 6.08 Å². The van der Waals surface area contributed by atoms with Crippen molar-refractivity contribution in [2.24, 2.45) is 0 Å². The van der Waals surface area contributed by atoms with E-state index in [1.54, 1.807) is 12.2 Å². The van der Waals surface area contributed by atoms with Gasteiger partial charge in [-0.05, 0) is 11.6 Å². The van der Waals surface area contributed by atoms with Crippen molar-refractivity contribution in [3.8, 4) is 0 Å². The van der Waals surface area contributed by atoms with Crippen molar-refractivity contribution >= 4 is 16.7 Å². The molecule has 2 aromatic rings. The van der Waals surface area contributed by atoms with Gasteiger partial charge in [0.05, 0.1) is 22.2 Å². The van der Waals surface area contributed by atoms with E-state index in [4.69, 9.17) is 4.74 Å². The number of aromatic amines is 2. The number of fused-ring (bicyclic) bond motifs is 1. The third-order valence-electron chi connectivity index (χ3n) is 3.40. The first kappa shape index (κ1) is 15.6. The predicted octanol–water partition coefficient (Wildman–Crippen LogP) is -0.0396. The van der Waals surface area contributed by atoms with Crippen LogP contribution in [0, 0.1) is 10.1 Å². The quantitative estimate of drug-likeness (QED) is 0.265. The van der Waals surface area contributed by atoms with E-state index in [0.29, 0.717) is 5.56 Å². The van der Waals surface area contributed by atoms with Crippen molar-refractivity contribution in [1.82, 2.24) is 15.3 Å². The van der Waals surface area contributed by atoms with Gasteiger partial charge in [0, 0.05) is 24.8 Å². The molecule has 0 spiro atoms. The van der Waals surface area contributed by atoms with Crippen LogP contribution in [0.2, 0.25) is 0 Å². The highest BCUT2D eigenvalue weighted by molar-refractivity contribution is 5.80. The number of hydrogen-bond acceptors (Lipinski definition) is 7. The van der Waals surface area contributed by atoms with E-state index in [0.717, 1.165) is 6.07 Å². The van der Waals surface area contributed by atoms with Gasteiger partial charge < -0.3 is 19.8 Å². The van der Waals surface area contributed by atoms with Crippen LogP contribution >= 0.6 is 0 Å². The molecule has 0 aliphatic carbocycles. The molecular weight excluding hydrogens is 320 g/mol. The molecule has 1 aliphatic rings. The van der Waals surface area contributed by atoms with Gasteiger partial charge in [0.1, 0.15) is 0 Å². The molecule has 10 heteroatoms. The molecule has 0 saturated carbocycles. The summed E-state index contributed by atoms with van der Waals surface area (Å²) in [6.45, 7) is -0.0746. The third kappa shape index (κ3) is 2.95. The van der Waals surface area contributed by atoms with Gasteiger partial charge in [-0.25, -0.2) is 5.32 Å². The average molecular weight is 332 g/mol. The highest BCUT2D eigenvalue weighted by atomic mass is 16.6. The number of nitro groups is 1. The molecule has 10 nitrogen and oxygen atoms in total. The fourth-order valence-corrected chi connectivity index (χ4v) is 2.26. The summed E-state index contributed by atoms with van der Waals surface area (Å²) in [6, 6.07) is 2.37. The molecule has 0 radical (unpaired) electrons. The number of benzene rings is 1. The molecule has 24 heavy (non-hydrogen) atoms. The molecule has 0 bridgehead atoms. The zero-order valence-corrected chi connectivity index (χ0v) is 12.1. The summed E-state index contributed by atoms with van der Waals surface area (Å²) in [5, 5.41) is 23.9.